The third kappa shape index (κ3) is 4.59. The molecule has 0 aliphatic carbocycles. The van der Waals surface area contributed by atoms with Crippen LogP contribution in [-0.2, 0) is 6.54 Å². The minimum atomic E-state index is 0.548. The number of nitrogens with zero attached hydrogens (tertiary/aromatic N) is 2. The van der Waals surface area contributed by atoms with E-state index in [1.54, 1.807) is 0 Å². The van der Waals surface area contributed by atoms with E-state index in [4.69, 9.17) is 0 Å². The van der Waals surface area contributed by atoms with E-state index in [-0.39, 0.29) is 0 Å². The zero-order chi connectivity index (χ0) is 9.52. The lowest BCUT2D eigenvalue weighted by molar-refractivity contribution is 0.587. The van der Waals surface area contributed by atoms with Gasteiger partial charge < -0.3 is 5.32 Å². The normalized spacial score (nSPS) is 13.1. The molecule has 0 aliphatic rings. The second-order valence-corrected chi connectivity index (χ2v) is 4.77. The maximum Gasteiger partial charge on any atom is 0.0893 e. The first-order valence-electron chi connectivity index (χ1n) is 4.40. The van der Waals surface area contributed by atoms with Crippen molar-refractivity contribution in [2.24, 2.45) is 0 Å². The predicted molar refractivity (Wildman–Crippen MR) is 59.2 cm³/mol. The first kappa shape index (κ1) is 10.9. The molecule has 1 aromatic rings. The van der Waals surface area contributed by atoms with Gasteiger partial charge in [0.25, 0.3) is 0 Å². The summed E-state index contributed by atoms with van der Waals surface area (Å²) in [5.74, 6) is 2.35. The van der Waals surface area contributed by atoms with E-state index >= 15 is 0 Å². The van der Waals surface area contributed by atoms with Crippen LogP contribution in [0.25, 0.3) is 0 Å². The fourth-order valence-electron chi connectivity index (χ4n) is 0.893. The first-order valence-corrected chi connectivity index (χ1v) is 6.39. The Kier molecular flexibility index (Phi) is 5.34. The van der Waals surface area contributed by atoms with Crippen molar-refractivity contribution in [1.29, 1.82) is 0 Å². The molecule has 1 atom stereocenters. The van der Waals surface area contributed by atoms with E-state index < -0.39 is 0 Å². The van der Waals surface area contributed by atoms with Crippen LogP contribution in [0.2, 0.25) is 0 Å². The molecule has 0 saturated carbocycles. The van der Waals surface area contributed by atoms with Crippen LogP contribution in [0.1, 0.15) is 19.5 Å². The van der Waals surface area contributed by atoms with E-state index in [2.05, 4.69) is 28.8 Å². The van der Waals surface area contributed by atoms with E-state index in [0.717, 1.165) is 18.0 Å². The standard InChI is InChI=1S/C8H15N3S2/c1-3-12-5-7(2)9-4-8-6-13-11-10-8/h6-7,9H,3-5H2,1-2H3. The molecule has 5 heteroatoms. The molecule has 1 unspecified atom stereocenters. The van der Waals surface area contributed by atoms with Crippen LogP contribution in [0.15, 0.2) is 5.38 Å². The Morgan fingerprint density at radius 2 is 2.54 bits per heavy atom. The summed E-state index contributed by atoms with van der Waals surface area (Å²) in [6.07, 6.45) is 0. The van der Waals surface area contributed by atoms with Gasteiger partial charge >= 0.3 is 0 Å². The van der Waals surface area contributed by atoms with Crippen molar-refractivity contribution in [2.45, 2.75) is 26.4 Å². The van der Waals surface area contributed by atoms with Crippen molar-refractivity contribution in [1.82, 2.24) is 14.9 Å². The Morgan fingerprint density at radius 3 is 3.15 bits per heavy atom. The molecule has 0 fully saturated rings. The van der Waals surface area contributed by atoms with Crippen LogP contribution in [0.4, 0.5) is 0 Å². The van der Waals surface area contributed by atoms with E-state index in [1.165, 1.54) is 17.3 Å². The van der Waals surface area contributed by atoms with Crippen molar-refractivity contribution in [3.05, 3.63) is 11.1 Å². The van der Waals surface area contributed by atoms with Crippen molar-refractivity contribution in [3.8, 4) is 0 Å². The average Bonchev–Trinajstić information content (AvgIpc) is 2.64. The highest BCUT2D eigenvalue weighted by Crippen LogP contribution is 2.02. The SMILES string of the molecule is CCSCC(C)NCc1csnn1. The molecular weight excluding hydrogens is 202 g/mol. The molecule has 1 N–H and O–H groups in total. The van der Waals surface area contributed by atoms with Crippen molar-refractivity contribution < 1.29 is 0 Å². The van der Waals surface area contributed by atoms with Gasteiger partial charge in [0.05, 0.1) is 5.69 Å². The van der Waals surface area contributed by atoms with Gasteiger partial charge in [0.1, 0.15) is 0 Å². The molecule has 1 rings (SSSR count). The van der Waals surface area contributed by atoms with Gasteiger partial charge in [0.15, 0.2) is 0 Å². The number of nitrogens with one attached hydrogen (secondary N) is 1. The lowest BCUT2D eigenvalue weighted by Crippen LogP contribution is -2.27. The van der Waals surface area contributed by atoms with Gasteiger partial charge in [-0.25, -0.2) is 0 Å². The lowest BCUT2D eigenvalue weighted by Gasteiger charge is -2.10. The molecular formula is C8H15N3S2. The Balaban J connectivity index is 2.11. The van der Waals surface area contributed by atoms with Gasteiger partial charge in [-0.05, 0) is 24.2 Å². The molecule has 0 aliphatic heterocycles. The average molecular weight is 217 g/mol. The van der Waals surface area contributed by atoms with Crippen LogP contribution in [0, 0.1) is 0 Å². The van der Waals surface area contributed by atoms with E-state index in [0.29, 0.717) is 6.04 Å². The summed E-state index contributed by atoms with van der Waals surface area (Å²) in [6.45, 7) is 5.21. The van der Waals surface area contributed by atoms with Gasteiger partial charge in [0.2, 0.25) is 0 Å². The fraction of sp³-hybridized carbons (Fsp3) is 0.750. The highest BCUT2D eigenvalue weighted by molar-refractivity contribution is 7.99. The van der Waals surface area contributed by atoms with Crippen molar-refractivity contribution >= 4 is 23.3 Å². The van der Waals surface area contributed by atoms with Crippen LogP contribution < -0.4 is 5.32 Å². The second kappa shape index (κ2) is 6.34. The third-order valence-corrected chi connectivity index (χ3v) is 3.31. The summed E-state index contributed by atoms with van der Waals surface area (Å²) in [7, 11) is 0. The summed E-state index contributed by atoms with van der Waals surface area (Å²) in [6, 6.07) is 0.548. The smallest absolute Gasteiger partial charge is 0.0893 e. The number of rotatable bonds is 6. The monoisotopic (exact) mass is 217 g/mol. The van der Waals surface area contributed by atoms with Crippen LogP contribution in [0.5, 0.6) is 0 Å². The molecule has 0 saturated heterocycles. The third-order valence-electron chi connectivity index (χ3n) is 1.61. The second-order valence-electron chi connectivity index (χ2n) is 2.84. The molecule has 1 aromatic heterocycles. The van der Waals surface area contributed by atoms with Gasteiger partial charge in [-0.1, -0.05) is 11.4 Å². The minimum absolute atomic E-state index is 0.548. The Morgan fingerprint density at radius 1 is 1.69 bits per heavy atom. The number of hydrogen-bond acceptors (Lipinski definition) is 5. The van der Waals surface area contributed by atoms with Gasteiger partial charge in [-0.15, -0.1) is 5.10 Å². The molecule has 13 heavy (non-hydrogen) atoms. The minimum Gasteiger partial charge on any atom is -0.308 e. The van der Waals surface area contributed by atoms with E-state index in [1.807, 2.05) is 17.1 Å². The predicted octanol–water partition coefficient (Wildman–Crippen LogP) is 1.77. The van der Waals surface area contributed by atoms with E-state index in [9.17, 15) is 0 Å². The summed E-state index contributed by atoms with van der Waals surface area (Å²) >= 11 is 3.36. The van der Waals surface area contributed by atoms with Crippen molar-refractivity contribution in [3.63, 3.8) is 0 Å². The van der Waals surface area contributed by atoms with Crippen LogP contribution in [0.3, 0.4) is 0 Å². The fourth-order valence-corrected chi connectivity index (χ4v) is 2.05. The Bertz CT molecular complexity index is 213. The Hall–Kier alpha value is -0.130. The molecule has 0 amide bonds. The van der Waals surface area contributed by atoms with Crippen molar-refractivity contribution in [2.75, 3.05) is 11.5 Å². The summed E-state index contributed by atoms with van der Waals surface area (Å²) in [4.78, 5) is 0. The molecule has 74 valence electrons. The number of aromatic nitrogens is 2. The summed E-state index contributed by atoms with van der Waals surface area (Å²) in [5.41, 5.74) is 1.04. The van der Waals surface area contributed by atoms with Gasteiger partial charge in [-0.3, -0.25) is 0 Å². The molecule has 0 spiro atoms. The molecule has 3 nitrogen and oxygen atoms in total. The highest BCUT2D eigenvalue weighted by atomic mass is 32.2. The zero-order valence-corrected chi connectivity index (χ0v) is 9.62. The first-order chi connectivity index (χ1) is 6.33. The topological polar surface area (TPSA) is 37.8 Å². The maximum atomic E-state index is 3.97. The zero-order valence-electron chi connectivity index (χ0n) is 7.99. The highest BCUT2D eigenvalue weighted by Gasteiger charge is 2.01. The lowest BCUT2D eigenvalue weighted by atomic mass is 10.4. The molecule has 0 aromatic carbocycles. The van der Waals surface area contributed by atoms with Gasteiger partial charge in [0, 0.05) is 23.7 Å². The molecule has 0 bridgehead atoms. The van der Waals surface area contributed by atoms with Gasteiger partial charge in [-0.2, -0.15) is 11.8 Å². The largest absolute Gasteiger partial charge is 0.308 e. The molecule has 1 heterocycles. The number of hydrogen-bond donors (Lipinski definition) is 1. The number of thioether (sulfide) groups is 1. The summed E-state index contributed by atoms with van der Waals surface area (Å²) in [5, 5.41) is 9.35. The molecule has 0 radical (unpaired) electrons. The maximum absolute atomic E-state index is 3.97. The van der Waals surface area contributed by atoms with Crippen LogP contribution >= 0.6 is 23.3 Å². The van der Waals surface area contributed by atoms with Crippen LogP contribution in [-0.4, -0.2) is 27.1 Å². The summed E-state index contributed by atoms with van der Waals surface area (Å²) < 4.78 is 3.81. The quantitative estimate of drug-likeness (QED) is 0.788. The Labute approximate surface area is 87.5 Å².